The van der Waals surface area contributed by atoms with E-state index in [1.807, 2.05) is 0 Å². The zero-order chi connectivity index (χ0) is 17.0. The second-order valence-electron chi connectivity index (χ2n) is 5.20. The SMILES string of the molecule is CO[C@@H]1C[C@@H](CN)N(C(=O)CSc2ccc(C(F)(F)F)cn2)C1. The minimum atomic E-state index is -4.41. The Morgan fingerprint density at radius 2 is 2.26 bits per heavy atom. The lowest BCUT2D eigenvalue weighted by atomic mass is 10.2. The van der Waals surface area contributed by atoms with Crippen LogP contribution in [0.5, 0.6) is 0 Å². The molecular weight excluding hydrogens is 331 g/mol. The maximum Gasteiger partial charge on any atom is 0.417 e. The van der Waals surface area contributed by atoms with Gasteiger partial charge in [0.05, 0.1) is 22.4 Å². The number of likely N-dealkylation sites (tertiary alicyclic amines) is 1. The predicted octanol–water partition coefficient (Wildman–Crippen LogP) is 1.77. The molecule has 0 bridgehead atoms. The summed E-state index contributed by atoms with van der Waals surface area (Å²) in [6.07, 6.45) is -2.97. The largest absolute Gasteiger partial charge is 0.417 e. The Labute approximate surface area is 136 Å². The number of halogens is 3. The van der Waals surface area contributed by atoms with Crippen LogP contribution in [0.1, 0.15) is 12.0 Å². The van der Waals surface area contributed by atoms with E-state index in [0.717, 1.165) is 24.0 Å². The lowest BCUT2D eigenvalue weighted by molar-refractivity contribution is -0.138. The topological polar surface area (TPSA) is 68.5 Å². The second-order valence-corrected chi connectivity index (χ2v) is 6.20. The number of hydrogen-bond donors (Lipinski definition) is 1. The Bertz CT molecular complexity index is 539. The van der Waals surface area contributed by atoms with Gasteiger partial charge >= 0.3 is 6.18 Å². The molecule has 2 N–H and O–H groups in total. The van der Waals surface area contributed by atoms with Crippen LogP contribution in [-0.2, 0) is 15.7 Å². The third-order valence-electron chi connectivity index (χ3n) is 3.71. The average molecular weight is 349 g/mol. The highest BCUT2D eigenvalue weighted by molar-refractivity contribution is 7.99. The third-order valence-corrected chi connectivity index (χ3v) is 4.64. The van der Waals surface area contributed by atoms with E-state index in [4.69, 9.17) is 10.5 Å². The quantitative estimate of drug-likeness (QED) is 0.821. The summed E-state index contributed by atoms with van der Waals surface area (Å²) in [6.45, 7) is 0.840. The number of hydrogen-bond acceptors (Lipinski definition) is 5. The molecule has 5 nitrogen and oxygen atoms in total. The Hall–Kier alpha value is -1.32. The van der Waals surface area contributed by atoms with Crippen molar-refractivity contribution in [3.63, 3.8) is 0 Å². The van der Waals surface area contributed by atoms with Gasteiger partial charge in [-0.2, -0.15) is 13.2 Å². The van der Waals surface area contributed by atoms with E-state index in [1.54, 1.807) is 12.0 Å². The van der Waals surface area contributed by atoms with Crippen LogP contribution >= 0.6 is 11.8 Å². The maximum atomic E-state index is 12.5. The molecule has 128 valence electrons. The smallest absolute Gasteiger partial charge is 0.380 e. The maximum absolute atomic E-state index is 12.5. The number of methoxy groups -OCH3 is 1. The van der Waals surface area contributed by atoms with Crippen molar-refractivity contribution in [1.82, 2.24) is 9.88 Å². The lowest BCUT2D eigenvalue weighted by Crippen LogP contribution is -2.41. The van der Waals surface area contributed by atoms with Gasteiger partial charge in [0, 0.05) is 32.4 Å². The number of carbonyl (C=O) groups excluding carboxylic acids is 1. The van der Waals surface area contributed by atoms with Gasteiger partial charge in [-0.25, -0.2) is 4.98 Å². The van der Waals surface area contributed by atoms with E-state index < -0.39 is 11.7 Å². The van der Waals surface area contributed by atoms with Gasteiger partial charge in [0.25, 0.3) is 0 Å². The number of carbonyl (C=O) groups is 1. The number of aromatic nitrogens is 1. The van der Waals surface area contributed by atoms with Crippen LogP contribution in [0.15, 0.2) is 23.4 Å². The van der Waals surface area contributed by atoms with Crippen molar-refractivity contribution in [2.75, 3.05) is 26.0 Å². The molecule has 0 aromatic carbocycles. The van der Waals surface area contributed by atoms with Crippen molar-refractivity contribution in [1.29, 1.82) is 0 Å². The molecule has 2 atom stereocenters. The Morgan fingerprint density at radius 1 is 1.52 bits per heavy atom. The van der Waals surface area contributed by atoms with E-state index in [-0.39, 0.29) is 23.8 Å². The number of nitrogens with two attached hydrogens (primary N) is 1. The van der Waals surface area contributed by atoms with Gasteiger partial charge in [-0.15, -0.1) is 0 Å². The van der Waals surface area contributed by atoms with E-state index in [9.17, 15) is 18.0 Å². The highest BCUT2D eigenvalue weighted by atomic mass is 32.2. The minimum Gasteiger partial charge on any atom is -0.380 e. The molecule has 2 heterocycles. The van der Waals surface area contributed by atoms with Crippen molar-refractivity contribution in [2.24, 2.45) is 5.73 Å². The van der Waals surface area contributed by atoms with Gasteiger partial charge < -0.3 is 15.4 Å². The molecule has 0 radical (unpaired) electrons. The molecule has 0 aliphatic carbocycles. The molecule has 1 saturated heterocycles. The Balaban J connectivity index is 1.91. The Kier molecular flexibility index (Phi) is 5.88. The summed E-state index contributed by atoms with van der Waals surface area (Å²) in [4.78, 5) is 17.7. The summed E-state index contributed by atoms with van der Waals surface area (Å²) in [5.41, 5.74) is 4.86. The zero-order valence-corrected chi connectivity index (χ0v) is 13.4. The monoisotopic (exact) mass is 349 g/mol. The molecule has 23 heavy (non-hydrogen) atoms. The predicted molar refractivity (Wildman–Crippen MR) is 79.9 cm³/mol. The minimum absolute atomic E-state index is 0.0262. The first kappa shape index (κ1) is 18.0. The molecule has 0 spiro atoms. The fourth-order valence-electron chi connectivity index (χ4n) is 2.43. The molecule has 0 saturated carbocycles. The number of nitrogens with zero attached hydrogens (tertiary/aromatic N) is 2. The van der Waals surface area contributed by atoms with Gasteiger partial charge in [-0.3, -0.25) is 4.79 Å². The molecule has 9 heteroatoms. The van der Waals surface area contributed by atoms with Crippen LogP contribution in [-0.4, -0.2) is 53.9 Å². The number of alkyl halides is 3. The summed E-state index contributed by atoms with van der Waals surface area (Å²) >= 11 is 1.10. The van der Waals surface area contributed by atoms with Crippen LogP contribution in [0.4, 0.5) is 13.2 Å². The third kappa shape index (κ3) is 4.58. The normalized spacial score (nSPS) is 21.7. The van der Waals surface area contributed by atoms with E-state index >= 15 is 0 Å². The van der Waals surface area contributed by atoms with Gasteiger partial charge in [0.15, 0.2) is 0 Å². The number of rotatable bonds is 5. The van der Waals surface area contributed by atoms with E-state index in [2.05, 4.69) is 4.98 Å². The van der Waals surface area contributed by atoms with Crippen molar-refractivity contribution < 1.29 is 22.7 Å². The van der Waals surface area contributed by atoms with Crippen LogP contribution in [0.3, 0.4) is 0 Å². The van der Waals surface area contributed by atoms with Crippen molar-refractivity contribution >= 4 is 17.7 Å². The fourth-order valence-corrected chi connectivity index (χ4v) is 3.15. The summed E-state index contributed by atoms with van der Waals surface area (Å²) in [6, 6.07) is 2.16. The summed E-state index contributed by atoms with van der Waals surface area (Å²) in [7, 11) is 1.59. The second kappa shape index (κ2) is 7.50. The number of ether oxygens (including phenoxy) is 1. The lowest BCUT2D eigenvalue weighted by Gasteiger charge is -2.22. The number of pyridine rings is 1. The zero-order valence-electron chi connectivity index (χ0n) is 12.5. The molecule has 1 aliphatic heterocycles. The molecule has 1 aromatic heterocycles. The van der Waals surface area contributed by atoms with E-state index in [1.165, 1.54) is 6.07 Å². The molecule has 2 rings (SSSR count). The summed E-state index contributed by atoms with van der Waals surface area (Å²) < 4.78 is 42.6. The Morgan fingerprint density at radius 3 is 2.78 bits per heavy atom. The first-order valence-electron chi connectivity index (χ1n) is 7.03. The molecule has 0 unspecified atom stereocenters. The van der Waals surface area contributed by atoms with Crippen LogP contribution < -0.4 is 5.73 Å². The molecule has 1 aliphatic rings. The van der Waals surface area contributed by atoms with Crippen molar-refractivity contribution in [2.45, 2.75) is 29.8 Å². The van der Waals surface area contributed by atoms with Crippen LogP contribution in [0.25, 0.3) is 0 Å². The standard InChI is InChI=1S/C14H18F3N3O2S/c1-22-11-4-10(5-18)20(7-11)13(21)8-23-12-3-2-9(6-19-12)14(15,16)17/h2-3,6,10-11H,4-5,7-8,18H2,1H3/t10-,11+/m0/s1. The van der Waals surface area contributed by atoms with Gasteiger partial charge in [0.2, 0.25) is 5.91 Å². The first-order chi connectivity index (χ1) is 10.8. The summed E-state index contributed by atoms with van der Waals surface area (Å²) in [5, 5.41) is 0.373. The van der Waals surface area contributed by atoms with E-state index in [0.29, 0.717) is 24.5 Å². The van der Waals surface area contributed by atoms with Crippen molar-refractivity contribution in [3.8, 4) is 0 Å². The number of thioether (sulfide) groups is 1. The molecule has 1 fully saturated rings. The first-order valence-corrected chi connectivity index (χ1v) is 8.02. The van der Waals surface area contributed by atoms with Crippen LogP contribution in [0.2, 0.25) is 0 Å². The van der Waals surface area contributed by atoms with Gasteiger partial charge in [0.1, 0.15) is 0 Å². The molecular formula is C14H18F3N3O2S. The number of amides is 1. The van der Waals surface area contributed by atoms with Gasteiger partial charge in [-0.05, 0) is 18.6 Å². The van der Waals surface area contributed by atoms with Gasteiger partial charge in [-0.1, -0.05) is 11.8 Å². The summed E-state index contributed by atoms with van der Waals surface area (Å²) in [5.74, 6) is -0.0163. The molecule has 1 amide bonds. The fraction of sp³-hybridized carbons (Fsp3) is 0.571. The highest BCUT2D eigenvalue weighted by Crippen LogP contribution is 2.29. The van der Waals surface area contributed by atoms with Crippen LogP contribution in [0, 0.1) is 0 Å². The molecule has 1 aromatic rings. The van der Waals surface area contributed by atoms with Crippen molar-refractivity contribution in [3.05, 3.63) is 23.9 Å². The average Bonchev–Trinajstić information content (AvgIpc) is 2.95. The highest BCUT2D eigenvalue weighted by Gasteiger charge is 2.34.